The highest BCUT2D eigenvalue weighted by molar-refractivity contribution is 7.92. The van der Waals surface area contributed by atoms with E-state index in [0.717, 1.165) is 44.0 Å². The van der Waals surface area contributed by atoms with Crippen molar-refractivity contribution in [2.24, 2.45) is 0 Å². The Morgan fingerprint density at radius 3 is 2.25 bits per heavy atom. The summed E-state index contributed by atoms with van der Waals surface area (Å²) in [6.07, 6.45) is 0.648. The number of carbonyl (C=O) groups excluding carboxylic acids is 1. The fourth-order valence-corrected chi connectivity index (χ4v) is 5.72. The maximum Gasteiger partial charge on any atom is 0.264 e. The van der Waals surface area contributed by atoms with Crippen LogP contribution in [0.4, 0.5) is 5.69 Å². The fourth-order valence-electron chi connectivity index (χ4n) is 4.24. The van der Waals surface area contributed by atoms with Gasteiger partial charge in [0, 0.05) is 26.2 Å². The fraction of sp³-hybridized carbons (Fsp3) is 0.321. The lowest BCUT2D eigenvalue weighted by Crippen LogP contribution is -2.41. The van der Waals surface area contributed by atoms with E-state index < -0.39 is 10.0 Å². The van der Waals surface area contributed by atoms with Crippen molar-refractivity contribution in [3.63, 3.8) is 0 Å². The summed E-state index contributed by atoms with van der Waals surface area (Å²) in [7, 11) is -3.93. The highest BCUT2D eigenvalue weighted by Gasteiger charge is 2.28. The molecule has 1 amide bonds. The van der Waals surface area contributed by atoms with Crippen LogP contribution in [0.3, 0.4) is 0 Å². The second-order valence-electron chi connectivity index (χ2n) is 8.79. The van der Waals surface area contributed by atoms with Crippen molar-refractivity contribution in [2.75, 3.05) is 37.2 Å². The quantitative estimate of drug-likeness (QED) is 0.454. The minimum Gasteiger partial charge on any atom is -0.379 e. The summed E-state index contributed by atoms with van der Waals surface area (Å²) in [5.41, 5.74) is 3.55. The van der Waals surface area contributed by atoms with Crippen molar-refractivity contribution in [3.05, 3.63) is 95.6 Å². The van der Waals surface area contributed by atoms with Crippen LogP contribution in [0, 0.1) is 0 Å². The second-order valence-corrected chi connectivity index (χ2v) is 10.7. The molecule has 8 heteroatoms. The molecular weight excluding hydrogens is 474 g/mol. The number of hydrogen-bond acceptors (Lipinski definition) is 5. The summed E-state index contributed by atoms with van der Waals surface area (Å²) >= 11 is 0. The zero-order valence-corrected chi connectivity index (χ0v) is 21.4. The molecule has 3 aromatic rings. The first kappa shape index (κ1) is 25.9. The van der Waals surface area contributed by atoms with E-state index in [2.05, 4.69) is 22.3 Å². The van der Waals surface area contributed by atoms with Crippen molar-refractivity contribution in [2.45, 2.75) is 31.3 Å². The normalized spacial score (nSPS) is 14.4. The lowest BCUT2D eigenvalue weighted by atomic mass is 10.1. The smallest absolute Gasteiger partial charge is 0.264 e. The molecule has 1 aliphatic rings. The lowest BCUT2D eigenvalue weighted by Gasteiger charge is -2.26. The molecule has 1 fully saturated rings. The van der Waals surface area contributed by atoms with E-state index in [1.807, 2.05) is 31.2 Å². The molecule has 7 nitrogen and oxygen atoms in total. The Hall–Kier alpha value is -3.20. The zero-order valence-electron chi connectivity index (χ0n) is 20.6. The topological polar surface area (TPSA) is 79.0 Å². The molecule has 1 N–H and O–H groups in total. The first-order valence-electron chi connectivity index (χ1n) is 12.3. The standard InChI is InChI=1S/C28H33N3O4S/c1-2-25-8-6-7-11-27(25)31(36(33,34)26-9-4-3-5-10-26)22-28(32)29-20-23-12-14-24(15-13-23)21-30-16-18-35-19-17-30/h3-15H,2,16-22H2,1H3,(H,29,32). The lowest BCUT2D eigenvalue weighted by molar-refractivity contribution is -0.119. The van der Waals surface area contributed by atoms with E-state index in [4.69, 9.17) is 4.74 Å². The highest BCUT2D eigenvalue weighted by atomic mass is 32.2. The van der Waals surface area contributed by atoms with Crippen LogP contribution < -0.4 is 9.62 Å². The molecule has 0 atom stereocenters. The van der Waals surface area contributed by atoms with E-state index in [-0.39, 0.29) is 17.3 Å². The van der Waals surface area contributed by atoms with Crippen LogP contribution >= 0.6 is 0 Å². The Bertz CT molecular complexity index is 1240. The van der Waals surface area contributed by atoms with Crippen molar-refractivity contribution >= 4 is 21.6 Å². The minimum atomic E-state index is -3.93. The van der Waals surface area contributed by atoms with Gasteiger partial charge in [-0.2, -0.15) is 0 Å². The number of nitrogens with zero attached hydrogens (tertiary/aromatic N) is 2. The molecule has 0 unspecified atom stereocenters. The SMILES string of the molecule is CCc1ccccc1N(CC(=O)NCc1ccc(CN2CCOCC2)cc1)S(=O)(=O)c1ccccc1. The number of rotatable bonds is 10. The number of ether oxygens (including phenoxy) is 1. The van der Waals surface area contributed by atoms with Gasteiger partial charge in [-0.1, -0.05) is 67.6 Å². The van der Waals surface area contributed by atoms with Crippen LogP contribution in [0.2, 0.25) is 0 Å². The van der Waals surface area contributed by atoms with Gasteiger partial charge in [0.15, 0.2) is 0 Å². The summed E-state index contributed by atoms with van der Waals surface area (Å²) in [4.78, 5) is 15.5. The minimum absolute atomic E-state index is 0.152. The summed E-state index contributed by atoms with van der Waals surface area (Å²) < 4.78 is 33.7. The van der Waals surface area contributed by atoms with E-state index in [9.17, 15) is 13.2 Å². The van der Waals surface area contributed by atoms with Gasteiger partial charge in [-0.3, -0.25) is 14.0 Å². The van der Waals surface area contributed by atoms with Gasteiger partial charge in [0.1, 0.15) is 6.54 Å². The Morgan fingerprint density at radius 2 is 1.56 bits per heavy atom. The predicted molar refractivity (Wildman–Crippen MR) is 141 cm³/mol. The van der Waals surface area contributed by atoms with Crippen LogP contribution in [0.25, 0.3) is 0 Å². The number of sulfonamides is 1. The Labute approximate surface area is 213 Å². The first-order chi connectivity index (χ1) is 17.5. The number of amides is 1. The van der Waals surface area contributed by atoms with Crippen molar-refractivity contribution < 1.29 is 17.9 Å². The molecule has 4 rings (SSSR count). The summed E-state index contributed by atoms with van der Waals surface area (Å²) in [5.74, 6) is -0.363. The third-order valence-corrected chi connectivity index (χ3v) is 8.06. The molecule has 0 bridgehead atoms. The van der Waals surface area contributed by atoms with Gasteiger partial charge in [-0.25, -0.2) is 8.42 Å². The van der Waals surface area contributed by atoms with Crippen molar-refractivity contribution in [3.8, 4) is 0 Å². The molecule has 36 heavy (non-hydrogen) atoms. The number of para-hydroxylation sites is 1. The van der Waals surface area contributed by atoms with Crippen LogP contribution in [0.5, 0.6) is 0 Å². The average Bonchev–Trinajstić information content (AvgIpc) is 2.92. The average molecular weight is 508 g/mol. The molecule has 1 aliphatic heterocycles. The van der Waals surface area contributed by atoms with Crippen LogP contribution in [-0.4, -0.2) is 52.1 Å². The van der Waals surface area contributed by atoms with Gasteiger partial charge in [0.05, 0.1) is 23.8 Å². The van der Waals surface area contributed by atoms with Gasteiger partial charge in [0.2, 0.25) is 5.91 Å². The Kier molecular flexibility index (Phi) is 8.74. The van der Waals surface area contributed by atoms with E-state index in [0.29, 0.717) is 18.7 Å². The zero-order chi connectivity index (χ0) is 25.4. The molecular formula is C28H33N3O4S. The Morgan fingerprint density at radius 1 is 0.917 bits per heavy atom. The number of nitrogens with one attached hydrogen (secondary N) is 1. The number of aryl methyl sites for hydroxylation is 1. The molecule has 190 valence electrons. The first-order valence-corrected chi connectivity index (χ1v) is 13.7. The predicted octanol–water partition coefficient (Wildman–Crippen LogP) is 3.59. The second kappa shape index (κ2) is 12.2. The summed E-state index contributed by atoms with van der Waals surface area (Å²) in [6.45, 7) is 6.26. The number of hydrogen-bond donors (Lipinski definition) is 1. The van der Waals surface area contributed by atoms with Gasteiger partial charge < -0.3 is 10.1 Å². The molecule has 1 saturated heterocycles. The maximum absolute atomic E-state index is 13.5. The number of carbonyl (C=O) groups is 1. The van der Waals surface area contributed by atoms with E-state index >= 15 is 0 Å². The molecule has 0 radical (unpaired) electrons. The van der Waals surface area contributed by atoms with Gasteiger partial charge in [-0.15, -0.1) is 0 Å². The molecule has 0 saturated carbocycles. The van der Waals surface area contributed by atoms with Crippen molar-refractivity contribution in [1.82, 2.24) is 10.2 Å². The van der Waals surface area contributed by atoms with E-state index in [1.165, 1.54) is 9.87 Å². The van der Waals surface area contributed by atoms with Gasteiger partial charge in [0.25, 0.3) is 10.0 Å². The molecule has 0 aromatic heterocycles. The summed E-state index contributed by atoms with van der Waals surface area (Å²) in [5, 5.41) is 2.89. The highest BCUT2D eigenvalue weighted by Crippen LogP contribution is 2.27. The van der Waals surface area contributed by atoms with Crippen LogP contribution in [-0.2, 0) is 39.1 Å². The number of benzene rings is 3. The van der Waals surface area contributed by atoms with Crippen molar-refractivity contribution in [1.29, 1.82) is 0 Å². The molecule has 0 aliphatic carbocycles. The summed E-state index contributed by atoms with van der Waals surface area (Å²) in [6, 6.07) is 23.7. The molecule has 3 aromatic carbocycles. The largest absolute Gasteiger partial charge is 0.379 e. The molecule has 0 spiro atoms. The monoisotopic (exact) mass is 507 g/mol. The Balaban J connectivity index is 1.44. The van der Waals surface area contributed by atoms with Gasteiger partial charge >= 0.3 is 0 Å². The number of anilines is 1. The maximum atomic E-state index is 13.5. The molecule has 1 heterocycles. The van der Waals surface area contributed by atoms with Gasteiger partial charge in [-0.05, 0) is 41.3 Å². The number of morpholine rings is 1. The van der Waals surface area contributed by atoms with Crippen LogP contribution in [0.1, 0.15) is 23.6 Å². The van der Waals surface area contributed by atoms with Crippen LogP contribution in [0.15, 0.2) is 83.8 Å². The van der Waals surface area contributed by atoms with E-state index in [1.54, 1.807) is 42.5 Å². The third-order valence-electron chi connectivity index (χ3n) is 6.28. The third kappa shape index (κ3) is 6.51.